The fourth-order valence-electron chi connectivity index (χ4n) is 2.59. The van der Waals surface area contributed by atoms with Crippen molar-refractivity contribution in [1.29, 1.82) is 0 Å². The van der Waals surface area contributed by atoms with Crippen LogP contribution in [0, 0.1) is 5.82 Å². The van der Waals surface area contributed by atoms with Crippen LogP contribution in [0.25, 0.3) is 0 Å². The van der Waals surface area contributed by atoms with Gasteiger partial charge in [0.25, 0.3) is 5.91 Å². The average molecular weight is 321 g/mol. The average Bonchev–Trinajstić information content (AvgIpc) is 2.47. The van der Waals surface area contributed by atoms with Crippen molar-refractivity contribution in [3.63, 3.8) is 0 Å². The highest BCUT2D eigenvalue weighted by molar-refractivity contribution is 7.80. The van der Waals surface area contributed by atoms with Gasteiger partial charge in [0.05, 0.1) is 11.6 Å². The van der Waals surface area contributed by atoms with Crippen molar-refractivity contribution in [2.24, 2.45) is 0 Å². The number of likely N-dealkylation sites (N-methyl/N-ethyl adjacent to an activating group) is 1. The number of rotatable bonds is 4. The molecule has 2 N–H and O–H groups in total. The minimum atomic E-state index is -0.447. The van der Waals surface area contributed by atoms with E-state index in [2.05, 4.69) is 10.6 Å². The summed E-state index contributed by atoms with van der Waals surface area (Å²) in [5.41, 5.74) is 1.96. The van der Waals surface area contributed by atoms with Gasteiger partial charge in [-0.05, 0) is 50.7 Å². The van der Waals surface area contributed by atoms with Crippen LogP contribution in [0.5, 0.6) is 0 Å². The van der Waals surface area contributed by atoms with Crippen LogP contribution in [-0.4, -0.2) is 29.0 Å². The van der Waals surface area contributed by atoms with E-state index < -0.39 is 6.04 Å². The summed E-state index contributed by atoms with van der Waals surface area (Å²) in [7, 11) is 0. The van der Waals surface area contributed by atoms with Crippen LogP contribution in [0.4, 0.5) is 4.39 Å². The van der Waals surface area contributed by atoms with E-state index in [-0.39, 0.29) is 11.7 Å². The molecule has 1 aliphatic heterocycles. The van der Waals surface area contributed by atoms with E-state index in [0.717, 1.165) is 0 Å². The summed E-state index contributed by atoms with van der Waals surface area (Å²) in [5, 5.41) is 6.49. The maximum absolute atomic E-state index is 13.5. The lowest BCUT2D eigenvalue weighted by Crippen LogP contribution is -2.47. The smallest absolute Gasteiger partial charge is 0.253 e. The zero-order valence-corrected chi connectivity index (χ0v) is 13.8. The molecule has 118 valence electrons. The number of carbonyl (C=O) groups is 1. The molecule has 1 heterocycles. The molecule has 0 unspecified atom stereocenters. The van der Waals surface area contributed by atoms with Crippen LogP contribution >= 0.6 is 12.2 Å². The predicted octanol–water partition coefficient (Wildman–Crippen LogP) is 2.49. The van der Waals surface area contributed by atoms with E-state index in [4.69, 9.17) is 12.2 Å². The van der Waals surface area contributed by atoms with Gasteiger partial charge in [0.2, 0.25) is 0 Å². The maximum atomic E-state index is 13.5. The summed E-state index contributed by atoms with van der Waals surface area (Å²) in [4.78, 5) is 14.5. The van der Waals surface area contributed by atoms with E-state index in [1.165, 1.54) is 12.1 Å². The molecule has 2 rings (SSSR count). The Hall–Kier alpha value is -1.95. The van der Waals surface area contributed by atoms with Crippen LogP contribution in [-0.2, 0) is 4.79 Å². The maximum Gasteiger partial charge on any atom is 0.253 e. The lowest BCUT2D eigenvalue weighted by atomic mass is 9.94. The first-order valence-corrected chi connectivity index (χ1v) is 7.71. The molecule has 6 heteroatoms. The normalized spacial score (nSPS) is 17.8. The molecule has 0 fully saturated rings. The number of amides is 1. The fraction of sp³-hybridized carbons (Fsp3) is 0.375. The zero-order chi connectivity index (χ0) is 16.3. The van der Waals surface area contributed by atoms with Gasteiger partial charge < -0.3 is 15.5 Å². The first-order chi connectivity index (χ1) is 10.5. The van der Waals surface area contributed by atoms with Crippen molar-refractivity contribution in [1.82, 2.24) is 15.5 Å². The lowest BCUT2D eigenvalue weighted by Gasteiger charge is -2.33. The van der Waals surface area contributed by atoms with Gasteiger partial charge in [-0.3, -0.25) is 4.79 Å². The van der Waals surface area contributed by atoms with Gasteiger partial charge >= 0.3 is 0 Å². The second-order valence-electron chi connectivity index (χ2n) is 5.10. The molecule has 1 amide bonds. The summed E-state index contributed by atoms with van der Waals surface area (Å²) in [5.74, 6) is -0.407. The van der Waals surface area contributed by atoms with Gasteiger partial charge in [0.15, 0.2) is 5.11 Å². The van der Waals surface area contributed by atoms with Crippen molar-refractivity contribution < 1.29 is 9.18 Å². The summed E-state index contributed by atoms with van der Waals surface area (Å²) in [6.45, 7) is 6.92. The largest absolute Gasteiger partial charge is 0.351 e. The third-order valence-corrected chi connectivity index (χ3v) is 3.95. The van der Waals surface area contributed by atoms with E-state index in [9.17, 15) is 9.18 Å². The Morgan fingerprint density at radius 3 is 2.64 bits per heavy atom. The Labute approximate surface area is 135 Å². The van der Waals surface area contributed by atoms with Crippen LogP contribution in [0.15, 0.2) is 35.5 Å². The Morgan fingerprint density at radius 2 is 2.05 bits per heavy atom. The number of allylic oxidation sites excluding steroid dienone is 1. The monoisotopic (exact) mass is 321 g/mol. The van der Waals surface area contributed by atoms with Gasteiger partial charge in [-0.2, -0.15) is 0 Å². The van der Waals surface area contributed by atoms with Crippen molar-refractivity contribution in [3.05, 3.63) is 46.9 Å². The SMILES string of the molecule is CCN(CC)C(=O)C1=C(C)NC(=S)N[C@H]1c1cccc(F)c1. The molecule has 0 saturated carbocycles. The molecule has 0 radical (unpaired) electrons. The fourth-order valence-corrected chi connectivity index (χ4v) is 2.87. The number of hydrogen-bond donors (Lipinski definition) is 2. The van der Waals surface area contributed by atoms with E-state index in [0.29, 0.717) is 35.0 Å². The molecule has 0 saturated heterocycles. The molecular weight excluding hydrogens is 301 g/mol. The zero-order valence-electron chi connectivity index (χ0n) is 12.9. The van der Waals surface area contributed by atoms with Crippen LogP contribution < -0.4 is 10.6 Å². The first kappa shape index (κ1) is 16.4. The van der Waals surface area contributed by atoms with Gasteiger partial charge in [0.1, 0.15) is 5.82 Å². The molecular formula is C16H20FN3OS. The number of thiocarbonyl (C=S) groups is 1. The Balaban J connectivity index is 2.47. The van der Waals surface area contributed by atoms with E-state index in [1.54, 1.807) is 17.0 Å². The molecule has 0 aliphatic carbocycles. The highest BCUT2D eigenvalue weighted by Crippen LogP contribution is 2.28. The Kier molecular flexibility index (Phi) is 5.13. The molecule has 1 atom stereocenters. The minimum Gasteiger partial charge on any atom is -0.351 e. The van der Waals surface area contributed by atoms with Crippen molar-refractivity contribution in [2.45, 2.75) is 26.8 Å². The predicted molar refractivity (Wildman–Crippen MR) is 88.6 cm³/mol. The highest BCUT2D eigenvalue weighted by Gasteiger charge is 2.31. The summed E-state index contributed by atoms with van der Waals surface area (Å²) >= 11 is 5.18. The quantitative estimate of drug-likeness (QED) is 0.836. The number of hydrogen-bond acceptors (Lipinski definition) is 2. The first-order valence-electron chi connectivity index (χ1n) is 7.30. The Morgan fingerprint density at radius 1 is 1.36 bits per heavy atom. The van der Waals surface area contributed by atoms with Crippen molar-refractivity contribution >= 4 is 23.2 Å². The van der Waals surface area contributed by atoms with Gasteiger partial charge in [-0.15, -0.1) is 0 Å². The lowest BCUT2D eigenvalue weighted by molar-refractivity contribution is -0.127. The van der Waals surface area contributed by atoms with E-state index >= 15 is 0 Å². The van der Waals surface area contributed by atoms with Crippen LogP contribution in [0.2, 0.25) is 0 Å². The second-order valence-corrected chi connectivity index (χ2v) is 5.51. The third kappa shape index (κ3) is 3.27. The molecule has 1 aliphatic rings. The molecule has 0 spiro atoms. The Bertz CT molecular complexity index is 626. The molecule has 22 heavy (non-hydrogen) atoms. The number of carbonyl (C=O) groups excluding carboxylic acids is 1. The third-order valence-electron chi connectivity index (χ3n) is 3.73. The van der Waals surface area contributed by atoms with Gasteiger partial charge in [0, 0.05) is 18.8 Å². The standard InChI is InChI=1S/C16H20FN3OS/c1-4-20(5-2)15(21)13-10(3)18-16(22)19-14(13)11-7-6-8-12(17)9-11/h6-9,14H,4-5H2,1-3H3,(H2,18,19,22)/t14-/m0/s1. The van der Waals surface area contributed by atoms with Crippen molar-refractivity contribution in [3.8, 4) is 0 Å². The molecule has 0 aromatic heterocycles. The van der Waals surface area contributed by atoms with Gasteiger partial charge in [-0.1, -0.05) is 12.1 Å². The summed E-state index contributed by atoms with van der Waals surface area (Å²) in [6.07, 6.45) is 0. The van der Waals surface area contributed by atoms with Crippen LogP contribution in [0.3, 0.4) is 0 Å². The molecule has 0 bridgehead atoms. The number of benzene rings is 1. The van der Waals surface area contributed by atoms with E-state index in [1.807, 2.05) is 20.8 Å². The minimum absolute atomic E-state index is 0.0701. The van der Waals surface area contributed by atoms with Crippen molar-refractivity contribution in [2.75, 3.05) is 13.1 Å². The van der Waals surface area contributed by atoms with Crippen LogP contribution in [0.1, 0.15) is 32.4 Å². The number of nitrogens with zero attached hydrogens (tertiary/aromatic N) is 1. The molecule has 1 aromatic rings. The summed E-state index contributed by atoms with van der Waals surface area (Å²) in [6, 6.07) is 5.78. The second kappa shape index (κ2) is 6.87. The molecule has 1 aromatic carbocycles. The number of nitrogens with one attached hydrogen (secondary N) is 2. The summed E-state index contributed by atoms with van der Waals surface area (Å²) < 4.78 is 13.5. The number of halogens is 1. The molecule has 4 nitrogen and oxygen atoms in total. The highest BCUT2D eigenvalue weighted by atomic mass is 32.1. The topological polar surface area (TPSA) is 44.4 Å². The van der Waals surface area contributed by atoms with Gasteiger partial charge in [-0.25, -0.2) is 4.39 Å².